The fourth-order valence-electron chi connectivity index (χ4n) is 2.52. The van der Waals surface area contributed by atoms with Gasteiger partial charge >= 0.3 is 0 Å². The van der Waals surface area contributed by atoms with E-state index >= 15 is 0 Å². The lowest BCUT2D eigenvalue weighted by Gasteiger charge is -2.17. The van der Waals surface area contributed by atoms with E-state index in [0.717, 1.165) is 5.76 Å². The molecule has 0 aliphatic carbocycles. The number of benzene rings is 1. The number of furan rings is 1. The van der Waals surface area contributed by atoms with Gasteiger partial charge in [-0.2, -0.15) is 0 Å². The third kappa shape index (κ3) is 3.42. The normalized spacial score (nSPS) is 12.1. The van der Waals surface area contributed by atoms with Gasteiger partial charge in [0.25, 0.3) is 0 Å². The standard InChI is InChI=1S/C17H18N2O4S/c1-19(10-2-4-14-5-3-11-23-14)24(21,22)15-7-8-16-13(12-15)6-9-17(20)18-16/h3,5-9,11-12H,2,4,10H2,1H3,(H,18,20). The molecule has 24 heavy (non-hydrogen) atoms. The molecule has 6 nitrogen and oxygen atoms in total. The summed E-state index contributed by atoms with van der Waals surface area (Å²) in [4.78, 5) is 14.2. The van der Waals surface area contributed by atoms with Gasteiger partial charge in [-0.1, -0.05) is 0 Å². The predicted molar refractivity (Wildman–Crippen MR) is 91.4 cm³/mol. The molecule has 0 saturated carbocycles. The van der Waals surface area contributed by atoms with E-state index in [0.29, 0.717) is 30.3 Å². The molecule has 2 aromatic heterocycles. The van der Waals surface area contributed by atoms with Gasteiger partial charge in [0.15, 0.2) is 0 Å². The molecule has 0 amide bonds. The second-order valence-electron chi connectivity index (χ2n) is 5.58. The number of hydrogen-bond donors (Lipinski definition) is 1. The van der Waals surface area contributed by atoms with Crippen molar-refractivity contribution in [3.05, 3.63) is 64.8 Å². The first kappa shape index (κ1) is 16.5. The van der Waals surface area contributed by atoms with Crippen molar-refractivity contribution in [2.45, 2.75) is 17.7 Å². The summed E-state index contributed by atoms with van der Waals surface area (Å²) in [6, 6.07) is 11.4. The van der Waals surface area contributed by atoms with Gasteiger partial charge in [0.1, 0.15) is 5.76 Å². The molecule has 1 aromatic carbocycles. The van der Waals surface area contributed by atoms with Crippen molar-refractivity contribution in [2.24, 2.45) is 0 Å². The third-order valence-electron chi connectivity index (χ3n) is 3.88. The SMILES string of the molecule is CN(CCCc1ccco1)S(=O)(=O)c1ccc2[nH]c(=O)ccc2c1. The summed E-state index contributed by atoms with van der Waals surface area (Å²) in [5.74, 6) is 0.843. The number of rotatable bonds is 6. The largest absolute Gasteiger partial charge is 0.469 e. The van der Waals surface area contributed by atoms with Crippen LogP contribution in [0.1, 0.15) is 12.2 Å². The molecule has 0 aliphatic heterocycles. The first-order valence-corrected chi connectivity index (χ1v) is 9.03. The van der Waals surface area contributed by atoms with Gasteiger partial charge in [-0.05, 0) is 48.2 Å². The van der Waals surface area contributed by atoms with Crippen molar-refractivity contribution in [2.75, 3.05) is 13.6 Å². The summed E-state index contributed by atoms with van der Waals surface area (Å²) in [6.07, 6.45) is 2.96. The smallest absolute Gasteiger partial charge is 0.248 e. The predicted octanol–water partition coefficient (Wildman–Crippen LogP) is 2.37. The fraction of sp³-hybridized carbons (Fsp3) is 0.235. The van der Waals surface area contributed by atoms with Crippen LogP contribution in [-0.2, 0) is 16.4 Å². The first-order valence-electron chi connectivity index (χ1n) is 7.59. The van der Waals surface area contributed by atoms with E-state index in [1.807, 2.05) is 12.1 Å². The van der Waals surface area contributed by atoms with Gasteiger partial charge in [-0.3, -0.25) is 4.79 Å². The molecule has 2 heterocycles. The van der Waals surface area contributed by atoms with Gasteiger partial charge in [0.05, 0.1) is 11.2 Å². The molecule has 0 saturated heterocycles. The Morgan fingerprint density at radius 2 is 2.00 bits per heavy atom. The van der Waals surface area contributed by atoms with Crippen LogP contribution in [0.5, 0.6) is 0 Å². The van der Waals surface area contributed by atoms with Crippen LogP contribution in [0, 0.1) is 0 Å². The molecule has 3 aromatic rings. The van der Waals surface area contributed by atoms with Crippen molar-refractivity contribution in [1.82, 2.24) is 9.29 Å². The van der Waals surface area contributed by atoms with Crippen molar-refractivity contribution in [3.8, 4) is 0 Å². The number of H-pyrrole nitrogens is 1. The maximum Gasteiger partial charge on any atom is 0.248 e. The second kappa shape index (κ2) is 6.62. The quantitative estimate of drug-likeness (QED) is 0.743. The van der Waals surface area contributed by atoms with Crippen LogP contribution in [0.2, 0.25) is 0 Å². The zero-order chi connectivity index (χ0) is 17.2. The summed E-state index contributed by atoms with van der Waals surface area (Å²) in [7, 11) is -2.01. The minimum atomic E-state index is -3.57. The monoisotopic (exact) mass is 346 g/mol. The highest BCUT2D eigenvalue weighted by Crippen LogP contribution is 2.19. The van der Waals surface area contributed by atoms with Gasteiger partial charge in [0, 0.05) is 31.6 Å². The van der Waals surface area contributed by atoms with Crippen LogP contribution in [0.4, 0.5) is 0 Å². The average molecular weight is 346 g/mol. The number of nitrogens with one attached hydrogen (secondary N) is 1. The molecule has 0 atom stereocenters. The number of aromatic nitrogens is 1. The minimum Gasteiger partial charge on any atom is -0.469 e. The van der Waals surface area contributed by atoms with E-state index in [1.165, 1.54) is 16.4 Å². The van der Waals surface area contributed by atoms with Crippen LogP contribution < -0.4 is 5.56 Å². The lowest BCUT2D eigenvalue weighted by Crippen LogP contribution is -2.28. The van der Waals surface area contributed by atoms with Gasteiger partial charge in [0.2, 0.25) is 15.6 Å². The molecule has 7 heteroatoms. The van der Waals surface area contributed by atoms with E-state index in [1.54, 1.807) is 31.5 Å². The summed E-state index contributed by atoms with van der Waals surface area (Å²) >= 11 is 0. The number of fused-ring (bicyclic) bond motifs is 1. The van der Waals surface area contributed by atoms with E-state index in [2.05, 4.69) is 4.98 Å². The number of pyridine rings is 1. The summed E-state index contributed by atoms with van der Waals surface area (Å²) < 4.78 is 31.9. The van der Waals surface area contributed by atoms with Crippen LogP contribution in [-0.4, -0.2) is 31.3 Å². The number of aryl methyl sites for hydroxylation is 1. The van der Waals surface area contributed by atoms with Crippen LogP contribution in [0.3, 0.4) is 0 Å². The average Bonchev–Trinajstić information content (AvgIpc) is 3.07. The molecule has 126 valence electrons. The molecule has 1 N–H and O–H groups in total. The highest BCUT2D eigenvalue weighted by molar-refractivity contribution is 7.89. The molecule has 0 aliphatic rings. The fourth-order valence-corrected chi connectivity index (χ4v) is 3.77. The Balaban J connectivity index is 1.76. The zero-order valence-corrected chi connectivity index (χ0v) is 14.0. The van der Waals surface area contributed by atoms with Crippen molar-refractivity contribution < 1.29 is 12.8 Å². The molecule has 0 spiro atoms. The highest BCUT2D eigenvalue weighted by atomic mass is 32.2. The summed E-state index contributed by atoms with van der Waals surface area (Å²) in [5, 5.41) is 0.680. The Bertz CT molecular complexity index is 991. The maximum atomic E-state index is 12.7. The van der Waals surface area contributed by atoms with Crippen LogP contribution in [0.15, 0.2) is 62.8 Å². The molecule has 3 rings (SSSR count). The van der Waals surface area contributed by atoms with Crippen molar-refractivity contribution in [3.63, 3.8) is 0 Å². The highest BCUT2D eigenvalue weighted by Gasteiger charge is 2.20. The molecule has 0 fully saturated rings. The summed E-state index contributed by atoms with van der Waals surface area (Å²) in [5.41, 5.74) is 0.398. The van der Waals surface area contributed by atoms with E-state index < -0.39 is 10.0 Å². The molecular formula is C17H18N2O4S. The van der Waals surface area contributed by atoms with Crippen LogP contribution >= 0.6 is 0 Å². The summed E-state index contributed by atoms with van der Waals surface area (Å²) in [6.45, 7) is 0.396. The Labute approximate surface area is 139 Å². The van der Waals surface area contributed by atoms with E-state index in [4.69, 9.17) is 4.42 Å². The number of hydrogen-bond acceptors (Lipinski definition) is 4. The number of nitrogens with zero attached hydrogens (tertiary/aromatic N) is 1. The third-order valence-corrected chi connectivity index (χ3v) is 5.73. The van der Waals surface area contributed by atoms with E-state index in [9.17, 15) is 13.2 Å². The Morgan fingerprint density at radius 1 is 1.17 bits per heavy atom. The molecular weight excluding hydrogens is 328 g/mol. The minimum absolute atomic E-state index is 0.211. The Kier molecular flexibility index (Phi) is 4.55. The topological polar surface area (TPSA) is 83.4 Å². The van der Waals surface area contributed by atoms with Crippen molar-refractivity contribution >= 4 is 20.9 Å². The second-order valence-corrected chi connectivity index (χ2v) is 7.63. The molecule has 0 radical (unpaired) electrons. The number of aromatic amines is 1. The lowest BCUT2D eigenvalue weighted by atomic mass is 10.2. The van der Waals surface area contributed by atoms with Crippen LogP contribution in [0.25, 0.3) is 10.9 Å². The van der Waals surface area contributed by atoms with Gasteiger partial charge in [-0.15, -0.1) is 0 Å². The molecule has 0 bridgehead atoms. The van der Waals surface area contributed by atoms with Gasteiger partial charge in [-0.25, -0.2) is 12.7 Å². The maximum absolute atomic E-state index is 12.7. The number of sulfonamides is 1. The Morgan fingerprint density at radius 3 is 2.75 bits per heavy atom. The molecule has 0 unspecified atom stereocenters. The van der Waals surface area contributed by atoms with E-state index in [-0.39, 0.29) is 10.5 Å². The zero-order valence-electron chi connectivity index (χ0n) is 13.2. The van der Waals surface area contributed by atoms with Gasteiger partial charge < -0.3 is 9.40 Å². The lowest BCUT2D eigenvalue weighted by molar-refractivity contribution is 0.443. The first-order chi connectivity index (χ1) is 11.5. The Hall–Kier alpha value is -2.38. The van der Waals surface area contributed by atoms with Crippen molar-refractivity contribution in [1.29, 1.82) is 0 Å².